The van der Waals surface area contributed by atoms with Crippen LogP contribution in [0.4, 0.5) is 0 Å². The second-order valence-corrected chi connectivity index (χ2v) is 3.86. The van der Waals surface area contributed by atoms with Crippen molar-refractivity contribution in [3.63, 3.8) is 0 Å². The molecule has 1 aromatic rings. The Kier molecular flexibility index (Phi) is 3.83. The predicted octanol–water partition coefficient (Wildman–Crippen LogP) is 1.08. The minimum absolute atomic E-state index is 0.304. The molecule has 1 rings (SSSR count). The maximum atomic E-state index is 10.3. The van der Waals surface area contributed by atoms with E-state index in [1.807, 2.05) is 13.8 Å². The highest BCUT2D eigenvalue weighted by atomic mass is 79.9. The summed E-state index contributed by atoms with van der Waals surface area (Å²) in [5.41, 5.74) is 1.74. The first-order valence-corrected chi connectivity index (χ1v) is 5.24. The molecule has 1 N–H and O–H groups in total. The molecule has 1 unspecified atom stereocenters. The molecule has 14 heavy (non-hydrogen) atoms. The molecule has 0 saturated carbocycles. The van der Waals surface area contributed by atoms with E-state index in [9.17, 15) is 9.90 Å². The van der Waals surface area contributed by atoms with E-state index in [1.165, 1.54) is 0 Å². The minimum Gasteiger partial charge on any atom is -0.385 e. The summed E-state index contributed by atoms with van der Waals surface area (Å²) in [6, 6.07) is 0. The topological polar surface area (TPSA) is 55.1 Å². The quantitative estimate of drug-likeness (QED) is 0.825. The summed E-state index contributed by atoms with van der Waals surface area (Å²) in [6.07, 6.45) is -0.110. The number of aryl methyl sites for hydroxylation is 2. The Morgan fingerprint density at radius 3 is 2.86 bits per heavy atom. The first-order valence-electron chi connectivity index (χ1n) is 4.45. The van der Waals surface area contributed by atoms with E-state index >= 15 is 0 Å². The lowest BCUT2D eigenvalue weighted by Crippen LogP contribution is -2.15. The molecule has 0 aliphatic carbocycles. The third-order valence-electron chi connectivity index (χ3n) is 2.01. The SMILES string of the molecule is CCn1nc(C)c(Br)c1CC(O)C=O. The van der Waals surface area contributed by atoms with Gasteiger partial charge in [-0.05, 0) is 29.8 Å². The molecule has 4 nitrogen and oxygen atoms in total. The van der Waals surface area contributed by atoms with Crippen molar-refractivity contribution in [2.75, 3.05) is 0 Å². The van der Waals surface area contributed by atoms with Crippen molar-refractivity contribution >= 4 is 22.2 Å². The lowest BCUT2D eigenvalue weighted by Gasteiger charge is -2.06. The number of nitrogens with zero attached hydrogens (tertiary/aromatic N) is 2. The lowest BCUT2D eigenvalue weighted by atomic mass is 10.2. The zero-order valence-electron chi connectivity index (χ0n) is 8.20. The summed E-state index contributed by atoms with van der Waals surface area (Å²) < 4.78 is 2.66. The van der Waals surface area contributed by atoms with Crippen LogP contribution in [0.5, 0.6) is 0 Å². The zero-order valence-corrected chi connectivity index (χ0v) is 9.78. The van der Waals surface area contributed by atoms with Crippen molar-refractivity contribution in [3.8, 4) is 0 Å². The molecule has 1 atom stereocenters. The largest absolute Gasteiger partial charge is 0.385 e. The van der Waals surface area contributed by atoms with E-state index < -0.39 is 6.10 Å². The fraction of sp³-hybridized carbons (Fsp3) is 0.556. The number of rotatable bonds is 4. The second kappa shape index (κ2) is 4.70. The van der Waals surface area contributed by atoms with Crippen LogP contribution >= 0.6 is 15.9 Å². The molecule has 0 aliphatic heterocycles. The number of hydrogen-bond donors (Lipinski definition) is 1. The van der Waals surface area contributed by atoms with Gasteiger partial charge in [-0.15, -0.1) is 0 Å². The molecule has 0 fully saturated rings. The van der Waals surface area contributed by atoms with Gasteiger partial charge in [-0.1, -0.05) is 0 Å². The fourth-order valence-corrected chi connectivity index (χ4v) is 1.76. The standard InChI is InChI=1S/C9H13BrN2O2/c1-3-12-8(4-7(14)5-13)9(10)6(2)11-12/h5,7,14H,3-4H2,1-2H3. The van der Waals surface area contributed by atoms with Crippen molar-refractivity contribution in [1.82, 2.24) is 9.78 Å². The molecule has 5 heteroatoms. The van der Waals surface area contributed by atoms with E-state index in [0.717, 1.165) is 22.4 Å². The van der Waals surface area contributed by atoms with Crippen molar-refractivity contribution in [2.45, 2.75) is 32.9 Å². The highest BCUT2D eigenvalue weighted by Gasteiger charge is 2.15. The van der Waals surface area contributed by atoms with Gasteiger partial charge in [0, 0.05) is 13.0 Å². The highest BCUT2D eigenvalue weighted by molar-refractivity contribution is 9.10. The van der Waals surface area contributed by atoms with Crippen LogP contribution in [-0.4, -0.2) is 27.3 Å². The number of halogens is 1. The Bertz CT molecular complexity index is 336. The van der Waals surface area contributed by atoms with Crippen LogP contribution in [0.1, 0.15) is 18.3 Å². The van der Waals surface area contributed by atoms with E-state index in [-0.39, 0.29) is 0 Å². The maximum absolute atomic E-state index is 10.3. The third kappa shape index (κ3) is 2.22. The monoisotopic (exact) mass is 260 g/mol. The van der Waals surface area contributed by atoms with E-state index in [4.69, 9.17) is 0 Å². The average molecular weight is 261 g/mol. The molecule has 78 valence electrons. The summed E-state index contributed by atoms with van der Waals surface area (Å²) in [6.45, 7) is 4.58. The van der Waals surface area contributed by atoms with Crippen LogP contribution in [0.3, 0.4) is 0 Å². The molecule has 0 bridgehead atoms. The van der Waals surface area contributed by atoms with E-state index in [1.54, 1.807) is 4.68 Å². The van der Waals surface area contributed by atoms with Gasteiger partial charge in [-0.2, -0.15) is 5.10 Å². The number of hydrogen-bond acceptors (Lipinski definition) is 3. The van der Waals surface area contributed by atoms with Crippen LogP contribution in [0, 0.1) is 6.92 Å². The Morgan fingerprint density at radius 1 is 1.71 bits per heavy atom. The van der Waals surface area contributed by atoms with Crippen LogP contribution in [-0.2, 0) is 17.8 Å². The summed E-state index contributed by atoms with van der Waals surface area (Å²) in [4.78, 5) is 10.3. The third-order valence-corrected chi connectivity index (χ3v) is 3.04. The smallest absolute Gasteiger partial charge is 0.148 e. The summed E-state index contributed by atoms with van der Waals surface area (Å²) >= 11 is 3.39. The van der Waals surface area contributed by atoms with Crippen LogP contribution in [0.25, 0.3) is 0 Å². The van der Waals surface area contributed by atoms with E-state index in [2.05, 4.69) is 21.0 Å². The Hall–Kier alpha value is -0.680. The molecule has 0 amide bonds. The fourth-order valence-electron chi connectivity index (χ4n) is 1.31. The predicted molar refractivity (Wildman–Crippen MR) is 56.1 cm³/mol. The Labute approximate surface area is 91.1 Å². The number of aliphatic hydroxyl groups excluding tert-OH is 1. The molecular formula is C9H13BrN2O2. The summed E-state index contributed by atoms with van der Waals surface area (Å²) in [5, 5.41) is 13.5. The Morgan fingerprint density at radius 2 is 2.36 bits per heavy atom. The van der Waals surface area contributed by atoms with Gasteiger partial charge in [-0.3, -0.25) is 4.68 Å². The highest BCUT2D eigenvalue weighted by Crippen LogP contribution is 2.21. The van der Waals surface area contributed by atoms with E-state index in [0.29, 0.717) is 12.7 Å². The van der Waals surface area contributed by atoms with Crippen molar-refractivity contribution in [1.29, 1.82) is 0 Å². The molecule has 0 aromatic carbocycles. The number of carbonyl (C=O) groups excluding carboxylic acids is 1. The van der Waals surface area contributed by atoms with Crippen molar-refractivity contribution in [2.24, 2.45) is 0 Å². The van der Waals surface area contributed by atoms with Crippen molar-refractivity contribution in [3.05, 3.63) is 15.9 Å². The Balaban J connectivity index is 2.98. The van der Waals surface area contributed by atoms with Gasteiger partial charge in [0.15, 0.2) is 0 Å². The molecular weight excluding hydrogens is 248 g/mol. The van der Waals surface area contributed by atoms with Crippen LogP contribution < -0.4 is 0 Å². The minimum atomic E-state index is -0.951. The molecule has 0 radical (unpaired) electrons. The second-order valence-electron chi connectivity index (χ2n) is 3.07. The number of carbonyl (C=O) groups is 1. The van der Waals surface area contributed by atoms with Gasteiger partial charge < -0.3 is 9.90 Å². The van der Waals surface area contributed by atoms with Gasteiger partial charge >= 0.3 is 0 Å². The lowest BCUT2D eigenvalue weighted by molar-refractivity contribution is -0.114. The molecule has 1 aromatic heterocycles. The summed E-state index contributed by atoms with van der Waals surface area (Å²) in [7, 11) is 0. The first-order chi connectivity index (χ1) is 6.60. The van der Waals surface area contributed by atoms with Gasteiger partial charge in [0.05, 0.1) is 15.9 Å². The van der Waals surface area contributed by atoms with Crippen molar-refractivity contribution < 1.29 is 9.90 Å². The molecule has 0 saturated heterocycles. The van der Waals surface area contributed by atoms with Gasteiger partial charge in [0.25, 0.3) is 0 Å². The number of aldehydes is 1. The maximum Gasteiger partial charge on any atom is 0.148 e. The summed E-state index contributed by atoms with van der Waals surface area (Å²) in [5.74, 6) is 0. The van der Waals surface area contributed by atoms with Gasteiger partial charge in [0.1, 0.15) is 12.4 Å². The van der Waals surface area contributed by atoms with Gasteiger partial charge in [-0.25, -0.2) is 0 Å². The average Bonchev–Trinajstić information content (AvgIpc) is 2.45. The number of aromatic nitrogens is 2. The van der Waals surface area contributed by atoms with Gasteiger partial charge in [0.2, 0.25) is 0 Å². The molecule has 0 aliphatic rings. The molecule has 0 spiro atoms. The number of aliphatic hydroxyl groups is 1. The zero-order chi connectivity index (χ0) is 10.7. The van der Waals surface area contributed by atoms with Crippen LogP contribution in [0.15, 0.2) is 4.47 Å². The molecule has 1 heterocycles. The first kappa shape index (κ1) is 11.4. The normalized spacial score (nSPS) is 12.9. The van der Waals surface area contributed by atoms with Crippen LogP contribution in [0.2, 0.25) is 0 Å².